The zero-order valence-corrected chi connectivity index (χ0v) is 9.09. The Bertz CT molecular complexity index is 173. The number of rotatable bonds is 5. The van der Waals surface area contributed by atoms with Crippen LogP contribution in [-0.4, -0.2) is 19.0 Å². The molecule has 0 aromatic heterocycles. The van der Waals surface area contributed by atoms with Crippen LogP contribution >= 0.6 is 22.6 Å². The second kappa shape index (κ2) is 5.48. The quantitative estimate of drug-likeness (QED) is 0.337. The standard InChI is InChI=1S/C7H12F3NOS2/c8-7(9,10)12-6-3-5(4-6)1-2-11-14-13/h5-6,11,13H,1-4H2. The molecule has 84 valence electrons. The SMILES string of the molecule is FC(F)(F)OC1CC(CCNSS)C1. The third-order valence-electron chi connectivity index (χ3n) is 2.21. The second-order valence-corrected chi connectivity index (χ2v) is 4.32. The van der Waals surface area contributed by atoms with Crippen molar-refractivity contribution in [2.75, 3.05) is 6.54 Å². The third kappa shape index (κ3) is 4.77. The summed E-state index contributed by atoms with van der Waals surface area (Å²) < 4.78 is 41.9. The topological polar surface area (TPSA) is 21.3 Å². The summed E-state index contributed by atoms with van der Waals surface area (Å²) in [5, 5.41) is 0. The summed E-state index contributed by atoms with van der Waals surface area (Å²) in [6, 6.07) is 0. The number of hydrogen-bond donors (Lipinski definition) is 2. The van der Waals surface area contributed by atoms with Crippen molar-refractivity contribution in [3.05, 3.63) is 0 Å². The maximum Gasteiger partial charge on any atom is 0.522 e. The number of alkyl halides is 3. The van der Waals surface area contributed by atoms with Crippen molar-refractivity contribution >= 4 is 22.6 Å². The van der Waals surface area contributed by atoms with Crippen molar-refractivity contribution in [3.63, 3.8) is 0 Å². The largest absolute Gasteiger partial charge is 0.522 e. The van der Waals surface area contributed by atoms with Gasteiger partial charge in [-0.1, -0.05) is 11.7 Å². The smallest absolute Gasteiger partial charge is 0.289 e. The summed E-state index contributed by atoms with van der Waals surface area (Å²) in [5.41, 5.74) is 0. The third-order valence-corrected chi connectivity index (χ3v) is 2.93. The van der Waals surface area contributed by atoms with Crippen molar-refractivity contribution in [2.45, 2.75) is 31.7 Å². The first-order valence-electron chi connectivity index (χ1n) is 4.29. The molecule has 0 aliphatic heterocycles. The van der Waals surface area contributed by atoms with E-state index in [2.05, 4.69) is 21.1 Å². The molecule has 0 aromatic carbocycles. The molecule has 0 atom stereocenters. The maximum absolute atomic E-state index is 11.7. The fraction of sp³-hybridized carbons (Fsp3) is 1.00. The minimum atomic E-state index is -4.48. The highest BCUT2D eigenvalue weighted by Gasteiger charge is 2.39. The average Bonchev–Trinajstić information content (AvgIpc) is 1.97. The molecule has 0 heterocycles. The number of halogens is 3. The van der Waals surface area contributed by atoms with Gasteiger partial charge in [0.1, 0.15) is 0 Å². The van der Waals surface area contributed by atoms with Crippen molar-refractivity contribution in [1.29, 1.82) is 0 Å². The van der Waals surface area contributed by atoms with E-state index in [0.29, 0.717) is 18.8 Å². The summed E-state index contributed by atoms with van der Waals surface area (Å²) in [4.78, 5) is 0. The molecule has 1 aliphatic carbocycles. The number of ether oxygens (including phenoxy) is 1. The lowest BCUT2D eigenvalue weighted by Gasteiger charge is -2.35. The molecule has 2 nitrogen and oxygen atoms in total. The lowest BCUT2D eigenvalue weighted by Crippen LogP contribution is -2.36. The molecule has 0 spiro atoms. The van der Waals surface area contributed by atoms with Crippen LogP contribution in [0.25, 0.3) is 0 Å². The van der Waals surface area contributed by atoms with Crippen LogP contribution in [0.15, 0.2) is 0 Å². The Balaban J connectivity index is 2.00. The summed E-state index contributed by atoms with van der Waals surface area (Å²) in [5.74, 6) is 0.357. The van der Waals surface area contributed by atoms with Crippen LogP contribution in [0.3, 0.4) is 0 Å². The van der Waals surface area contributed by atoms with Crippen LogP contribution in [0.5, 0.6) is 0 Å². The zero-order valence-electron chi connectivity index (χ0n) is 7.38. The molecule has 1 rings (SSSR count). The van der Waals surface area contributed by atoms with Gasteiger partial charge in [-0.2, -0.15) is 0 Å². The van der Waals surface area contributed by atoms with Gasteiger partial charge >= 0.3 is 6.36 Å². The van der Waals surface area contributed by atoms with Crippen LogP contribution in [0, 0.1) is 5.92 Å². The first kappa shape index (κ1) is 12.5. The van der Waals surface area contributed by atoms with Crippen molar-refractivity contribution in [1.82, 2.24) is 4.72 Å². The molecule has 0 bridgehead atoms. The van der Waals surface area contributed by atoms with E-state index in [0.717, 1.165) is 13.0 Å². The van der Waals surface area contributed by atoms with Crippen molar-refractivity contribution in [2.24, 2.45) is 5.92 Å². The Morgan fingerprint density at radius 3 is 2.57 bits per heavy atom. The van der Waals surface area contributed by atoms with Gasteiger partial charge in [0.2, 0.25) is 0 Å². The molecule has 7 heteroatoms. The first-order valence-corrected chi connectivity index (χ1v) is 6.16. The molecule has 0 aromatic rings. The fourth-order valence-corrected chi connectivity index (χ4v) is 1.99. The molecular formula is C7H12F3NOS2. The van der Waals surface area contributed by atoms with Gasteiger partial charge in [-0.05, 0) is 36.2 Å². The van der Waals surface area contributed by atoms with E-state index in [1.54, 1.807) is 0 Å². The van der Waals surface area contributed by atoms with Gasteiger partial charge in [-0.15, -0.1) is 13.2 Å². The maximum atomic E-state index is 11.7. The molecule has 0 amide bonds. The Hall–Kier alpha value is 0.410. The summed E-state index contributed by atoms with van der Waals surface area (Å²) in [6.45, 7) is 0.775. The van der Waals surface area contributed by atoms with Crippen LogP contribution in [-0.2, 0) is 4.74 Å². The molecule has 0 saturated heterocycles. The molecule has 0 unspecified atom stereocenters. The summed E-state index contributed by atoms with van der Waals surface area (Å²) >= 11 is 3.88. The Morgan fingerprint density at radius 2 is 2.07 bits per heavy atom. The van der Waals surface area contributed by atoms with Crippen LogP contribution in [0.1, 0.15) is 19.3 Å². The van der Waals surface area contributed by atoms with Gasteiger partial charge < -0.3 is 0 Å². The molecule has 1 fully saturated rings. The Kier molecular flexibility index (Phi) is 4.89. The van der Waals surface area contributed by atoms with E-state index in [9.17, 15) is 13.2 Å². The number of thiol groups is 1. The van der Waals surface area contributed by atoms with E-state index in [-0.39, 0.29) is 0 Å². The predicted molar refractivity (Wildman–Crippen MR) is 52.8 cm³/mol. The predicted octanol–water partition coefficient (Wildman–Crippen LogP) is 2.77. The van der Waals surface area contributed by atoms with Gasteiger partial charge in [-0.3, -0.25) is 9.46 Å². The highest BCUT2D eigenvalue weighted by atomic mass is 33.1. The monoisotopic (exact) mass is 247 g/mol. The van der Waals surface area contributed by atoms with E-state index in [1.165, 1.54) is 11.0 Å². The minimum Gasteiger partial charge on any atom is -0.289 e. The lowest BCUT2D eigenvalue weighted by atomic mass is 9.80. The van der Waals surface area contributed by atoms with Gasteiger partial charge in [-0.25, -0.2) is 0 Å². The van der Waals surface area contributed by atoms with Crippen LogP contribution in [0.4, 0.5) is 13.2 Å². The summed E-state index contributed by atoms with van der Waals surface area (Å²) in [6.07, 6.45) is -3.19. The highest BCUT2D eigenvalue weighted by molar-refractivity contribution is 8.67. The molecule has 1 saturated carbocycles. The number of hydrogen-bond acceptors (Lipinski definition) is 4. The van der Waals surface area contributed by atoms with Gasteiger partial charge in [0.15, 0.2) is 0 Å². The van der Waals surface area contributed by atoms with E-state index < -0.39 is 12.5 Å². The fourth-order valence-electron chi connectivity index (χ4n) is 1.50. The van der Waals surface area contributed by atoms with Gasteiger partial charge in [0.05, 0.1) is 6.10 Å². The second-order valence-electron chi connectivity index (χ2n) is 3.30. The molecule has 14 heavy (non-hydrogen) atoms. The Labute approximate surface area is 89.9 Å². The molecular weight excluding hydrogens is 235 g/mol. The summed E-state index contributed by atoms with van der Waals surface area (Å²) in [7, 11) is 1.22. The highest BCUT2D eigenvalue weighted by Crippen LogP contribution is 2.36. The molecule has 0 radical (unpaired) electrons. The van der Waals surface area contributed by atoms with E-state index in [4.69, 9.17) is 0 Å². The van der Waals surface area contributed by atoms with Crippen molar-refractivity contribution in [3.8, 4) is 0 Å². The number of nitrogens with one attached hydrogen (secondary N) is 1. The zero-order chi connectivity index (χ0) is 10.6. The molecule has 1 aliphatic rings. The van der Waals surface area contributed by atoms with Gasteiger partial charge in [0.25, 0.3) is 0 Å². The van der Waals surface area contributed by atoms with Crippen LogP contribution < -0.4 is 4.72 Å². The minimum absolute atomic E-state index is 0.357. The lowest BCUT2D eigenvalue weighted by molar-refractivity contribution is -0.354. The van der Waals surface area contributed by atoms with Crippen molar-refractivity contribution < 1.29 is 17.9 Å². The normalized spacial score (nSPS) is 27.4. The van der Waals surface area contributed by atoms with Crippen LogP contribution in [0.2, 0.25) is 0 Å². The average molecular weight is 247 g/mol. The van der Waals surface area contributed by atoms with E-state index in [1.807, 2.05) is 0 Å². The molecule has 1 N–H and O–H groups in total. The first-order chi connectivity index (χ1) is 6.51. The van der Waals surface area contributed by atoms with E-state index >= 15 is 0 Å². The Morgan fingerprint density at radius 1 is 1.43 bits per heavy atom. The van der Waals surface area contributed by atoms with Gasteiger partial charge in [0, 0.05) is 6.54 Å².